The summed E-state index contributed by atoms with van der Waals surface area (Å²) in [5.74, 6) is 0.454. The van der Waals surface area contributed by atoms with Crippen LogP contribution in [0.3, 0.4) is 0 Å². The first-order chi connectivity index (χ1) is 8.90. The number of benzene rings is 1. The van der Waals surface area contributed by atoms with Crippen LogP contribution in [0.2, 0.25) is 10.0 Å². The molecule has 1 N–H and O–H groups in total. The summed E-state index contributed by atoms with van der Waals surface area (Å²) in [5.41, 5.74) is -0.446. The van der Waals surface area contributed by atoms with Crippen LogP contribution < -0.4 is 0 Å². The molecule has 4 heteroatoms. The van der Waals surface area contributed by atoms with Crippen molar-refractivity contribution in [2.24, 2.45) is 5.92 Å². The smallest absolute Gasteiger partial charge is 0.168 e. The highest BCUT2D eigenvalue weighted by Gasteiger charge is 2.38. The number of Topliss-reactive ketones (excluding diaryl/α,β-unsaturated/α-hetero) is 1. The van der Waals surface area contributed by atoms with Gasteiger partial charge >= 0.3 is 0 Å². The van der Waals surface area contributed by atoms with E-state index in [2.05, 4.69) is 6.92 Å². The lowest BCUT2D eigenvalue weighted by molar-refractivity contribution is -0.140. The minimum absolute atomic E-state index is 0.136. The summed E-state index contributed by atoms with van der Waals surface area (Å²) < 4.78 is 0. The predicted molar refractivity (Wildman–Crippen MR) is 77.8 cm³/mol. The largest absolute Gasteiger partial charge is 0.382 e. The van der Waals surface area contributed by atoms with Crippen molar-refractivity contribution in [2.75, 3.05) is 0 Å². The number of rotatable bonds is 3. The fourth-order valence-corrected chi connectivity index (χ4v) is 3.00. The summed E-state index contributed by atoms with van der Waals surface area (Å²) >= 11 is 11.9. The molecule has 1 aliphatic rings. The van der Waals surface area contributed by atoms with Crippen molar-refractivity contribution in [1.82, 2.24) is 0 Å². The van der Waals surface area contributed by atoms with Crippen molar-refractivity contribution in [3.63, 3.8) is 0 Å². The van der Waals surface area contributed by atoms with Gasteiger partial charge in [-0.1, -0.05) is 36.2 Å². The van der Waals surface area contributed by atoms with Crippen LogP contribution in [0.15, 0.2) is 18.2 Å². The molecule has 1 aliphatic carbocycles. The van der Waals surface area contributed by atoms with E-state index in [1.54, 1.807) is 18.2 Å². The molecule has 19 heavy (non-hydrogen) atoms. The second kappa shape index (κ2) is 5.82. The molecule has 0 saturated heterocycles. The highest BCUT2D eigenvalue weighted by molar-refractivity contribution is 6.35. The van der Waals surface area contributed by atoms with Crippen LogP contribution in [0.4, 0.5) is 0 Å². The quantitative estimate of drug-likeness (QED) is 0.914. The van der Waals surface area contributed by atoms with Crippen molar-refractivity contribution in [1.29, 1.82) is 0 Å². The van der Waals surface area contributed by atoms with Gasteiger partial charge in [-0.05, 0) is 49.3 Å². The second-order valence-electron chi connectivity index (χ2n) is 5.55. The number of carbonyl (C=O) groups is 1. The lowest BCUT2D eigenvalue weighted by Crippen LogP contribution is -2.42. The maximum Gasteiger partial charge on any atom is 0.168 e. The Morgan fingerprint density at radius 2 is 2.00 bits per heavy atom. The van der Waals surface area contributed by atoms with E-state index in [4.69, 9.17) is 23.2 Å². The number of hydrogen-bond acceptors (Lipinski definition) is 2. The van der Waals surface area contributed by atoms with Crippen LogP contribution in [0.25, 0.3) is 0 Å². The van der Waals surface area contributed by atoms with Crippen molar-refractivity contribution in [2.45, 2.75) is 44.6 Å². The molecular weight excluding hydrogens is 283 g/mol. The topological polar surface area (TPSA) is 37.3 Å². The first-order valence-corrected chi connectivity index (χ1v) is 7.36. The SMILES string of the molecule is CC1CCC(O)(C(=O)Cc2ccc(Cl)cc2Cl)CC1. The van der Waals surface area contributed by atoms with E-state index in [9.17, 15) is 9.90 Å². The van der Waals surface area contributed by atoms with Crippen molar-refractivity contribution in [3.8, 4) is 0 Å². The predicted octanol–water partition coefficient (Wildman–Crippen LogP) is 4.05. The molecule has 1 aromatic carbocycles. The van der Waals surface area contributed by atoms with Crippen LogP contribution in [0, 0.1) is 5.92 Å². The van der Waals surface area contributed by atoms with Crippen LogP contribution in [0.5, 0.6) is 0 Å². The lowest BCUT2D eigenvalue weighted by Gasteiger charge is -2.33. The zero-order valence-electron chi connectivity index (χ0n) is 11.0. The molecule has 2 rings (SSSR count). The summed E-state index contributed by atoms with van der Waals surface area (Å²) in [4.78, 5) is 12.3. The molecule has 2 nitrogen and oxygen atoms in total. The third kappa shape index (κ3) is 3.50. The monoisotopic (exact) mass is 300 g/mol. The van der Waals surface area contributed by atoms with Crippen LogP contribution in [0.1, 0.15) is 38.2 Å². The van der Waals surface area contributed by atoms with E-state index in [-0.39, 0.29) is 12.2 Å². The molecule has 104 valence electrons. The molecule has 0 heterocycles. The van der Waals surface area contributed by atoms with Gasteiger partial charge < -0.3 is 5.11 Å². The Labute approximate surface area is 123 Å². The molecule has 0 aromatic heterocycles. The highest BCUT2D eigenvalue weighted by atomic mass is 35.5. The molecule has 0 atom stereocenters. The average Bonchev–Trinajstić information content (AvgIpc) is 2.36. The minimum Gasteiger partial charge on any atom is -0.382 e. The molecule has 1 aromatic rings. The van der Waals surface area contributed by atoms with Gasteiger partial charge in [-0.3, -0.25) is 4.79 Å². The molecule has 0 spiro atoms. The number of halogens is 2. The molecule has 0 unspecified atom stereocenters. The van der Waals surface area contributed by atoms with Gasteiger partial charge in [0.05, 0.1) is 0 Å². The van der Waals surface area contributed by atoms with Crippen LogP contribution in [-0.4, -0.2) is 16.5 Å². The first-order valence-electron chi connectivity index (χ1n) is 6.60. The standard InChI is InChI=1S/C15H18Cl2O2/c1-10-4-6-15(19,7-5-10)14(18)8-11-2-3-12(16)9-13(11)17/h2-3,9-10,19H,4-8H2,1H3. The first kappa shape index (κ1) is 14.8. The fourth-order valence-electron chi connectivity index (χ4n) is 2.52. The van der Waals surface area contributed by atoms with E-state index in [0.717, 1.165) is 18.4 Å². The van der Waals surface area contributed by atoms with Crippen molar-refractivity contribution >= 4 is 29.0 Å². The summed E-state index contributed by atoms with van der Waals surface area (Å²) in [6.45, 7) is 2.15. The maximum absolute atomic E-state index is 12.3. The average molecular weight is 301 g/mol. The number of aliphatic hydroxyl groups is 1. The van der Waals surface area contributed by atoms with Crippen LogP contribution in [-0.2, 0) is 11.2 Å². The van der Waals surface area contributed by atoms with E-state index in [1.165, 1.54) is 0 Å². The Morgan fingerprint density at radius 3 is 2.58 bits per heavy atom. The Bertz CT molecular complexity index is 477. The summed E-state index contributed by atoms with van der Waals surface area (Å²) in [7, 11) is 0. The van der Waals surface area contributed by atoms with Gasteiger partial charge in [0.15, 0.2) is 5.78 Å². The molecule has 0 bridgehead atoms. The van der Waals surface area contributed by atoms with E-state index in [0.29, 0.717) is 28.8 Å². The maximum atomic E-state index is 12.3. The molecule has 0 aliphatic heterocycles. The minimum atomic E-state index is -1.17. The van der Waals surface area contributed by atoms with Crippen molar-refractivity contribution in [3.05, 3.63) is 33.8 Å². The summed E-state index contributed by atoms with van der Waals surface area (Å²) in [6.07, 6.45) is 3.07. The Morgan fingerprint density at radius 1 is 1.37 bits per heavy atom. The molecule has 0 amide bonds. The van der Waals surface area contributed by atoms with E-state index < -0.39 is 5.60 Å². The summed E-state index contributed by atoms with van der Waals surface area (Å²) in [6, 6.07) is 5.08. The zero-order chi connectivity index (χ0) is 14.0. The van der Waals surface area contributed by atoms with Gasteiger partial charge in [-0.2, -0.15) is 0 Å². The normalized spacial score (nSPS) is 27.3. The third-order valence-corrected chi connectivity index (χ3v) is 4.57. The van der Waals surface area contributed by atoms with Gasteiger partial charge in [0, 0.05) is 16.5 Å². The van der Waals surface area contributed by atoms with Gasteiger partial charge in [0.2, 0.25) is 0 Å². The van der Waals surface area contributed by atoms with Gasteiger partial charge in [-0.15, -0.1) is 0 Å². The second-order valence-corrected chi connectivity index (χ2v) is 6.39. The number of hydrogen-bond donors (Lipinski definition) is 1. The van der Waals surface area contributed by atoms with Gasteiger partial charge in [0.1, 0.15) is 5.60 Å². The molecule has 0 radical (unpaired) electrons. The molecule has 1 saturated carbocycles. The van der Waals surface area contributed by atoms with Gasteiger partial charge in [0.25, 0.3) is 0 Å². The Balaban J connectivity index is 2.08. The molecular formula is C15H18Cl2O2. The van der Waals surface area contributed by atoms with E-state index in [1.807, 2.05) is 0 Å². The van der Waals surface area contributed by atoms with Gasteiger partial charge in [-0.25, -0.2) is 0 Å². The van der Waals surface area contributed by atoms with Crippen molar-refractivity contribution < 1.29 is 9.90 Å². The molecule has 1 fully saturated rings. The fraction of sp³-hybridized carbons (Fsp3) is 0.533. The third-order valence-electron chi connectivity index (χ3n) is 3.99. The number of ketones is 1. The van der Waals surface area contributed by atoms with E-state index >= 15 is 0 Å². The Kier molecular flexibility index (Phi) is 4.54. The van der Waals surface area contributed by atoms with Crippen LogP contribution >= 0.6 is 23.2 Å². The number of carbonyl (C=O) groups excluding carboxylic acids is 1. The zero-order valence-corrected chi connectivity index (χ0v) is 12.5. The summed E-state index contributed by atoms with van der Waals surface area (Å²) in [5, 5.41) is 11.5. The Hall–Kier alpha value is -0.570. The highest BCUT2D eigenvalue weighted by Crippen LogP contribution is 2.34. The lowest BCUT2D eigenvalue weighted by atomic mass is 9.76.